The van der Waals surface area contributed by atoms with E-state index in [2.05, 4.69) is 10.6 Å². The van der Waals surface area contributed by atoms with Crippen molar-refractivity contribution < 1.29 is 19.1 Å². The first kappa shape index (κ1) is 20.4. The zero-order valence-corrected chi connectivity index (χ0v) is 17.1. The average Bonchev–Trinajstić information content (AvgIpc) is 2.80. The lowest BCUT2D eigenvalue weighted by molar-refractivity contribution is -0.131. The van der Waals surface area contributed by atoms with Crippen LogP contribution in [0.1, 0.15) is 16.8 Å². The Bertz CT molecular complexity index is 1140. The van der Waals surface area contributed by atoms with E-state index in [0.29, 0.717) is 30.1 Å². The Morgan fingerprint density at radius 2 is 1.81 bits per heavy atom. The monoisotopic (exact) mass is 417 g/mol. The number of ether oxygens (including phenoxy) is 1. The normalized spacial score (nSPS) is 16.0. The molecule has 1 atom stereocenters. The standard InChI is InChI=1S/C24H23N3O4/c1-31-21-12-5-4-11-19(21)26-22(28)15-20-23(29)25-13-14-27(20)24(30)18-10-6-8-16-7-2-3-9-17(16)18/h2-12,20H,13-15H2,1H3,(H,25,29)(H,26,28)/t20-/m0/s1. The van der Waals surface area contributed by atoms with Crippen molar-refractivity contribution in [2.45, 2.75) is 12.5 Å². The number of anilines is 1. The highest BCUT2D eigenvalue weighted by Crippen LogP contribution is 2.25. The number of methoxy groups -OCH3 is 1. The van der Waals surface area contributed by atoms with Crippen molar-refractivity contribution in [3.05, 3.63) is 72.3 Å². The van der Waals surface area contributed by atoms with E-state index in [1.807, 2.05) is 36.4 Å². The van der Waals surface area contributed by atoms with Gasteiger partial charge in [0.1, 0.15) is 11.8 Å². The van der Waals surface area contributed by atoms with Gasteiger partial charge in [0.05, 0.1) is 19.2 Å². The van der Waals surface area contributed by atoms with Gasteiger partial charge in [-0.3, -0.25) is 14.4 Å². The van der Waals surface area contributed by atoms with E-state index in [-0.39, 0.29) is 24.1 Å². The molecule has 0 radical (unpaired) electrons. The molecule has 4 rings (SSSR count). The Balaban J connectivity index is 1.57. The predicted octanol–water partition coefficient (Wildman–Crippen LogP) is 2.82. The van der Waals surface area contributed by atoms with E-state index in [1.54, 1.807) is 30.3 Å². The molecule has 0 aliphatic carbocycles. The zero-order valence-electron chi connectivity index (χ0n) is 17.1. The van der Waals surface area contributed by atoms with Gasteiger partial charge in [0.15, 0.2) is 0 Å². The van der Waals surface area contributed by atoms with Gasteiger partial charge in [-0.05, 0) is 29.0 Å². The third-order valence-electron chi connectivity index (χ3n) is 5.37. The number of benzene rings is 3. The van der Waals surface area contributed by atoms with Crippen molar-refractivity contribution in [3.63, 3.8) is 0 Å². The third kappa shape index (κ3) is 4.21. The molecular weight excluding hydrogens is 394 g/mol. The van der Waals surface area contributed by atoms with Gasteiger partial charge in [-0.1, -0.05) is 48.5 Å². The molecule has 1 aliphatic heterocycles. The lowest BCUT2D eigenvalue weighted by atomic mass is 10.0. The fourth-order valence-electron chi connectivity index (χ4n) is 3.85. The van der Waals surface area contributed by atoms with E-state index >= 15 is 0 Å². The minimum atomic E-state index is -0.894. The number of hydrogen-bond acceptors (Lipinski definition) is 4. The molecule has 3 aromatic rings. The van der Waals surface area contributed by atoms with Gasteiger partial charge in [-0.2, -0.15) is 0 Å². The summed E-state index contributed by atoms with van der Waals surface area (Å²) in [7, 11) is 1.52. The van der Waals surface area contributed by atoms with Crippen LogP contribution in [0.15, 0.2) is 66.7 Å². The second-order valence-electron chi connectivity index (χ2n) is 7.28. The van der Waals surface area contributed by atoms with Crippen LogP contribution >= 0.6 is 0 Å². The quantitative estimate of drug-likeness (QED) is 0.668. The predicted molar refractivity (Wildman–Crippen MR) is 118 cm³/mol. The topological polar surface area (TPSA) is 87.7 Å². The number of rotatable bonds is 5. The number of para-hydroxylation sites is 2. The van der Waals surface area contributed by atoms with Crippen molar-refractivity contribution in [2.75, 3.05) is 25.5 Å². The second-order valence-corrected chi connectivity index (χ2v) is 7.28. The van der Waals surface area contributed by atoms with Gasteiger partial charge >= 0.3 is 0 Å². The molecule has 0 unspecified atom stereocenters. The highest BCUT2D eigenvalue weighted by molar-refractivity contribution is 6.09. The maximum absolute atomic E-state index is 13.4. The number of piperazine rings is 1. The summed E-state index contributed by atoms with van der Waals surface area (Å²) in [5.74, 6) is -0.452. The zero-order chi connectivity index (χ0) is 21.8. The van der Waals surface area contributed by atoms with Crippen molar-refractivity contribution in [1.29, 1.82) is 0 Å². The smallest absolute Gasteiger partial charge is 0.255 e. The summed E-state index contributed by atoms with van der Waals surface area (Å²) in [5, 5.41) is 7.30. The number of carbonyl (C=O) groups is 3. The van der Waals surface area contributed by atoms with Gasteiger partial charge in [0.25, 0.3) is 5.91 Å². The van der Waals surface area contributed by atoms with E-state index in [4.69, 9.17) is 4.74 Å². The van der Waals surface area contributed by atoms with Crippen LogP contribution in [0.2, 0.25) is 0 Å². The van der Waals surface area contributed by atoms with Gasteiger partial charge in [0.2, 0.25) is 11.8 Å². The maximum atomic E-state index is 13.4. The minimum Gasteiger partial charge on any atom is -0.495 e. The molecule has 3 amide bonds. The molecule has 2 N–H and O–H groups in total. The highest BCUT2D eigenvalue weighted by Gasteiger charge is 2.35. The SMILES string of the molecule is COc1ccccc1NC(=O)C[C@H]1C(=O)NCCN1C(=O)c1cccc2ccccc12. The van der Waals surface area contributed by atoms with Crippen LogP contribution in [0.4, 0.5) is 5.69 Å². The second kappa shape index (κ2) is 8.87. The van der Waals surface area contributed by atoms with Crippen molar-refractivity contribution in [1.82, 2.24) is 10.2 Å². The molecule has 0 aromatic heterocycles. The molecule has 7 heteroatoms. The number of fused-ring (bicyclic) bond motifs is 1. The third-order valence-corrected chi connectivity index (χ3v) is 5.37. The van der Waals surface area contributed by atoms with Gasteiger partial charge in [-0.15, -0.1) is 0 Å². The molecule has 7 nitrogen and oxygen atoms in total. The first-order valence-electron chi connectivity index (χ1n) is 10.1. The number of amides is 3. The summed E-state index contributed by atoms with van der Waals surface area (Å²) in [6.07, 6.45) is -0.152. The van der Waals surface area contributed by atoms with E-state index < -0.39 is 6.04 Å². The Morgan fingerprint density at radius 1 is 1.06 bits per heavy atom. The minimum absolute atomic E-state index is 0.152. The first-order chi connectivity index (χ1) is 15.1. The molecule has 1 saturated heterocycles. The Hall–Kier alpha value is -3.87. The summed E-state index contributed by atoms with van der Waals surface area (Å²) < 4.78 is 5.26. The Morgan fingerprint density at radius 3 is 2.65 bits per heavy atom. The van der Waals surface area contributed by atoms with Crippen LogP contribution in [-0.4, -0.2) is 48.9 Å². The Labute approximate surface area is 180 Å². The van der Waals surface area contributed by atoms with E-state index in [1.165, 1.54) is 12.0 Å². The molecule has 0 saturated carbocycles. The molecule has 158 valence electrons. The number of nitrogens with one attached hydrogen (secondary N) is 2. The summed E-state index contributed by atoms with van der Waals surface area (Å²) in [5.41, 5.74) is 1.03. The summed E-state index contributed by atoms with van der Waals surface area (Å²) in [4.78, 5) is 40.2. The van der Waals surface area contributed by atoms with E-state index in [9.17, 15) is 14.4 Å². The van der Waals surface area contributed by atoms with E-state index in [0.717, 1.165) is 10.8 Å². The molecule has 0 bridgehead atoms. The van der Waals surface area contributed by atoms with Crippen LogP contribution in [-0.2, 0) is 9.59 Å². The molecule has 1 heterocycles. The van der Waals surface area contributed by atoms with Gasteiger partial charge in [-0.25, -0.2) is 0 Å². The van der Waals surface area contributed by atoms with Crippen LogP contribution in [0.3, 0.4) is 0 Å². The molecule has 31 heavy (non-hydrogen) atoms. The lowest BCUT2D eigenvalue weighted by Crippen LogP contribution is -2.58. The molecular formula is C24H23N3O4. The van der Waals surface area contributed by atoms with Crippen molar-refractivity contribution in [3.8, 4) is 5.75 Å². The van der Waals surface area contributed by atoms with Crippen LogP contribution < -0.4 is 15.4 Å². The first-order valence-corrected chi connectivity index (χ1v) is 10.1. The van der Waals surface area contributed by atoms with Gasteiger partial charge in [0, 0.05) is 18.7 Å². The molecule has 3 aromatic carbocycles. The van der Waals surface area contributed by atoms with Gasteiger partial charge < -0.3 is 20.3 Å². The molecule has 0 spiro atoms. The molecule has 1 fully saturated rings. The lowest BCUT2D eigenvalue weighted by Gasteiger charge is -2.35. The average molecular weight is 417 g/mol. The van der Waals surface area contributed by atoms with Crippen molar-refractivity contribution >= 4 is 34.2 Å². The number of carbonyl (C=O) groups excluding carboxylic acids is 3. The summed E-state index contributed by atoms with van der Waals surface area (Å²) in [6.45, 7) is 0.681. The largest absolute Gasteiger partial charge is 0.495 e. The summed E-state index contributed by atoms with van der Waals surface area (Å²) in [6, 6.07) is 19.3. The van der Waals surface area contributed by atoms with Crippen LogP contribution in [0.5, 0.6) is 5.75 Å². The highest BCUT2D eigenvalue weighted by atomic mass is 16.5. The Kier molecular flexibility index (Phi) is 5.84. The maximum Gasteiger partial charge on any atom is 0.255 e. The van der Waals surface area contributed by atoms with Crippen LogP contribution in [0.25, 0.3) is 10.8 Å². The molecule has 1 aliphatic rings. The summed E-state index contributed by atoms with van der Waals surface area (Å²) >= 11 is 0. The fourth-order valence-corrected chi connectivity index (χ4v) is 3.85. The number of nitrogens with zero attached hydrogens (tertiary/aromatic N) is 1. The van der Waals surface area contributed by atoms with Crippen molar-refractivity contribution in [2.24, 2.45) is 0 Å². The fraction of sp³-hybridized carbons (Fsp3) is 0.208. The van der Waals surface area contributed by atoms with Crippen LogP contribution in [0, 0.1) is 0 Å². The number of hydrogen-bond donors (Lipinski definition) is 2.